The lowest BCUT2D eigenvalue weighted by atomic mass is 10.1. The Morgan fingerprint density at radius 1 is 1.26 bits per heavy atom. The van der Waals surface area contributed by atoms with Gasteiger partial charge in [0.25, 0.3) is 0 Å². The van der Waals surface area contributed by atoms with E-state index in [2.05, 4.69) is 10.3 Å². The summed E-state index contributed by atoms with van der Waals surface area (Å²) >= 11 is 1.27. The molecule has 1 N–H and O–H groups in total. The Balaban J connectivity index is 1.60. The maximum absolute atomic E-state index is 13.6. The van der Waals surface area contributed by atoms with E-state index < -0.39 is 0 Å². The maximum atomic E-state index is 13.6. The van der Waals surface area contributed by atoms with Gasteiger partial charge in [0.15, 0.2) is 5.13 Å². The molecule has 0 radical (unpaired) electrons. The molecule has 4 nitrogen and oxygen atoms in total. The van der Waals surface area contributed by atoms with E-state index in [-0.39, 0.29) is 11.7 Å². The number of hydrogen-bond acceptors (Lipinski definition) is 4. The van der Waals surface area contributed by atoms with Gasteiger partial charge in [0.05, 0.1) is 11.8 Å². The summed E-state index contributed by atoms with van der Waals surface area (Å²) in [5.41, 5.74) is 1.35. The van der Waals surface area contributed by atoms with Crippen LogP contribution in [0.5, 0.6) is 5.75 Å². The normalized spacial score (nSPS) is 10.7. The second kappa shape index (κ2) is 6.75. The van der Waals surface area contributed by atoms with E-state index in [1.807, 2.05) is 24.3 Å². The molecule has 1 amide bonds. The average Bonchev–Trinajstić information content (AvgIpc) is 2.97. The summed E-state index contributed by atoms with van der Waals surface area (Å²) in [4.78, 5) is 16.1. The largest absolute Gasteiger partial charge is 0.497 e. The SMILES string of the molecule is COc1ccc(CCC(=O)Nc2nc3c(F)cccc3s2)cc1. The first-order chi connectivity index (χ1) is 11.2. The number of nitrogens with zero attached hydrogens (tertiary/aromatic N) is 1. The molecule has 1 aromatic heterocycles. The van der Waals surface area contributed by atoms with Crippen LogP contribution in [0, 0.1) is 5.82 Å². The van der Waals surface area contributed by atoms with Crippen molar-refractivity contribution in [2.24, 2.45) is 0 Å². The topological polar surface area (TPSA) is 51.2 Å². The van der Waals surface area contributed by atoms with Gasteiger partial charge in [-0.15, -0.1) is 0 Å². The van der Waals surface area contributed by atoms with E-state index in [1.54, 1.807) is 19.2 Å². The van der Waals surface area contributed by atoms with Gasteiger partial charge in [-0.3, -0.25) is 4.79 Å². The van der Waals surface area contributed by atoms with Crippen LogP contribution >= 0.6 is 11.3 Å². The van der Waals surface area contributed by atoms with Gasteiger partial charge in [-0.25, -0.2) is 9.37 Å². The number of carbonyl (C=O) groups is 1. The van der Waals surface area contributed by atoms with Crippen LogP contribution < -0.4 is 10.1 Å². The zero-order valence-electron chi connectivity index (χ0n) is 12.5. The minimum Gasteiger partial charge on any atom is -0.497 e. The molecule has 118 valence electrons. The van der Waals surface area contributed by atoms with E-state index >= 15 is 0 Å². The van der Waals surface area contributed by atoms with Gasteiger partial charge in [0.2, 0.25) is 5.91 Å². The molecule has 0 spiro atoms. The minimum atomic E-state index is -0.377. The molecule has 23 heavy (non-hydrogen) atoms. The summed E-state index contributed by atoms with van der Waals surface area (Å²) < 4.78 is 19.4. The van der Waals surface area contributed by atoms with Gasteiger partial charge in [0.1, 0.15) is 17.1 Å². The zero-order chi connectivity index (χ0) is 16.2. The van der Waals surface area contributed by atoms with Crippen LogP contribution in [0.15, 0.2) is 42.5 Å². The third-order valence-electron chi connectivity index (χ3n) is 3.42. The number of benzene rings is 2. The molecule has 0 bridgehead atoms. The number of anilines is 1. The van der Waals surface area contributed by atoms with Crippen molar-refractivity contribution in [2.75, 3.05) is 12.4 Å². The van der Waals surface area contributed by atoms with Gasteiger partial charge in [-0.1, -0.05) is 29.5 Å². The third-order valence-corrected chi connectivity index (χ3v) is 4.35. The van der Waals surface area contributed by atoms with Gasteiger partial charge in [0, 0.05) is 6.42 Å². The molecular weight excluding hydrogens is 315 g/mol. The molecule has 3 rings (SSSR count). The summed E-state index contributed by atoms with van der Waals surface area (Å²) in [6.45, 7) is 0. The predicted molar refractivity (Wildman–Crippen MR) is 89.5 cm³/mol. The summed E-state index contributed by atoms with van der Waals surface area (Å²) in [6, 6.07) is 12.4. The van der Waals surface area contributed by atoms with Crippen molar-refractivity contribution < 1.29 is 13.9 Å². The number of methoxy groups -OCH3 is 1. The van der Waals surface area contributed by atoms with Gasteiger partial charge < -0.3 is 10.1 Å². The molecule has 0 saturated heterocycles. The number of fused-ring (bicyclic) bond motifs is 1. The first-order valence-corrected chi connectivity index (χ1v) is 7.95. The standard InChI is InChI=1S/C17H15FN2O2S/c1-22-12-8-5-11(6-9-12)7-10-15(21)19-17-20-16-13(18)3-2-4-14(16)23-17/h2-6,8-9H,7,10H2,1H3,(H,19,20,21). The highest BCUT2D eigenvalue weighted by molar-refractivity contribution is 7.22. The smallest absolute Gasteiger partial charge is 0.226 e. The Morgan fingerprint density at radius 2 is 2.04 bits per heavy atom. The molecule has 0 fully saturated rings. The molecule has 0 unspecified atom stereocenters. The Bertz CT molecular complexity index is 830. The monoisotopic (exact) mass is 330 g/mol. The highest BCUT2D eigenvalue weighted by Crippen LogP contribution is 2.27. The first-order valence-electron chi connectivity index (χ1n) is 7.13. The second-order valence-electron chi connectivity index (χ2n) is 5.00. The Hall–Kier alpha value is -2.47. The molecule has 0 aliphatic heterocycles. The molecule has 0 saturated carbocycles. The number of thiazole rings is 1. The molecule has 0 aliphatic rings. The summed E-state index contributed by atoms with van der Waals surface area (Å²) in [7, 11) is 1.61. The lowest BCUT2D eigenvalue weighted by molar-refractivity contribution is -0.116. The maximum Gasteiger partial charge on any atom is 0.226 e. The Kier molecular flexibility index (Phi) is 4.52. The number of halogens is 1. The summed E-state index contributed by atoms with van der Waals surface area (Å²) in [5.74, 6) is 0.271. The third kappa shape index (κ3) is 3.65. The highest BCUT2D eigenvalue weighted by atomic mass is 32.1. The van der Waals surface area contributed by atoms with Crippen LogP contribution in [0.2, 0.25) is 0 Å². The molecule has 3 aromatic rings. The van der Waals surface area contributed by atoms with Crippen molar-refractivity contribution in [3.05, 3.63) is 53.8 Å². The Morgan fingerprint density at radius 3 is 2.74 bits per heavy atom. The quantitative estimate of drug-likeness (QED) is 0.769. The predicted octanol–water partition coefficient (Wildman–Crippen LogP) is 4.02. The highest BCUT2D eigenvalue weighted by Gasteiger charge is 2.10. The van der Waals surface area contributed by atoms with Crippen molar-refractivity contribution in [3.8, 4) is 5.75 Å². The van der Waals surface area contributed by atoms with Crippen molar-refractivity contribution in [3.63, 3.8) is 0 Å². The van der Waals surface area contributed by atoms with Crippen LogP contribution in [-0.4, -0.2) is 18.0 Å². The molecular formula is C17H15FN2O2S. The van der Waals surface area contributed by atoms with Crippen molar-refractivity contribution >= 4 is 32.6 Å². The number of amides is 1. The van der Waals surface area contributed by atoms with Gasteiger partial charge in [-0.2, -0.15) is 0 Å². The number of nitrogens with one attached hydrogen (secondary N) is 1. The van der Waals surface area contributed by atoms with Crippen molar-refractivity contribution in [2.45, 2.75) is 12.8 Å². The number of aryl methyl sites for hydroxylation is 1. The van der Waals surface area contributed by atoms with Crippen molar-refractivity contribution in [1.29, 1.82) is 0 Å². The lowest BCUT2D eigenvalue weighted by Crippen LogP contribution is -2.12. The lowest BCUT2D eigenvalue weighted by Gasteiger charge is -2.04. The number of aromatic nitrogens is 1. The van der Waals surface area contributed by atoms with Crippen LogP contribution in [0.25, 0.3) is 10.2 Å². The molecule has 2 aromatic carbocycles. The van der Waals surface area contributed by atoms with E-state index in [4.69, 9.17) is 4.74 Å². The number of hydrogen-bond donors (Lipinski definition) is 1. The fourth-order valence-corrected chi connectivity index (χ4v) is 3.10. The fourth-order valence-electron chi connectivity index (χ4n) is 2.20. The van der Waals surface area contributed by atoms with Gasteiger partial charge in [-0.05, 0) is 36.2 Å². The molecule has 0 aliphatic carbocycles. The van der Waals surface area contributed by atoms with Crippen LogP contribution in [0.4, 0.5) is 9.52 Å². The Labute approximate surface area is 136 Å². The summed E-state index contributed by atoms with van der Waals surface area (Å²) in [5, 5.41) is 3.15. The first kappa shape index (κ1) is 15.4. The summed E-state index contributed by atoms with van der Waals surface area (Å²) in [6.07, 6.45) is 0.958. The van der Waals surface area contributed by atoms with Crippen molar-refractivity contribution in [1.82, 2.24) is 4.98 Å². The minimum absolute atomic E-state index is 0.139. The van der Waals surface area contributed by atoms with E-state index in [9.17, 15) is 9.18 Å². The van der Waals surface area contributed by atoms with Crippen LogP contribution in [0.3, 0.4) is 0 Å². The molecule has 6 heteroatoms. The number of carbonyl (C=O) groups excluding carboxylic acids is 1. The number of ether oxygens (including phenoxy) is 1. The molecule has 0 atom stereocenters. The van der Waals surface area contributed by atoms with Gasteiger partial charge >= 0.3 is 0 Å². The number of rotatable bonds is 5. The van der Waals surface area contributed by atoms with Crippen LogP contribution in [0.1, 0.15) is 12.0 Å². The average molecular weight is 330 g/mol. The zero-order valence-corrected chi connectivity index (χ0v) is 13.3. The number of para-hydroxylation sites is 1. The van der Waals surface area contributed by atoms with E-state index in [0.717, 1.165) is 16.0 Å². The van der Waals surface area contributed by atoms with Crippen LogP contribution in [-0.2, 0) is 11.2 Å². The molecule has 1 heterocycles. The fraction of sp³-hybridized carbons (Fsp3) is 0.176. The van der Waals surface area contributed by atoms with E-state index in [0.29, 0.717) is 23.5 Å². The second-order valence-corrected chi connectivity index (χ2v) is 6.03. The van der Waals surface area contributed by atoms with E-state index in [1.165, 1.54) is 17.4 Å².